The summed E-state index contributed by atoms with van der Waals surface area (Å²) in [7, 11) is 0. The zero-order valence-electron chi connectivity index (χ0n) is 17.5. The van der Waals surface area contributed by atoms with Gasteiger partial charge < -0.3 is 13.9 Å². The van der Waals surface area contributed by atoms with Crippen molar-refractivity contribution >= 4 is 0 Å². The van der Waals surface area contributed by atoms with Gasteiger partial charge in [0.15, 0.2) is 0 Å². The predicted octanol–water partition coefficient (Wildman–Crippen LogP) is 5.71. The summed E-state index contributed by atoms with van der Waals surface area (Å²) < 4.78 is 31.1. The van der Waals surface area contributed by atoms with Crippen LogP contribution in [0.4, 0.5) is 4.39 Å². The molecule has 0 saturated heterocycles. The smallest absolute Gasteiger partial charge is 0.226 e. The van der Waals surface area contributed by atoms with Crippen LogP contribution in [0.1, 0.15) is 48.3 Å². The van der Waals surface area contributed by atoms with Crippen LogP contribution in [0.2, 0.25) is 0 Å². The Hall–Kier alpha value is -3.01. The minimum absolute atomic E-state index is 0.0929. The zero-order valence-corrected chi connectivity index (χ0v) is 17.5. The molecular weight excluding hydrogens is 395 g/mol. The van der Waals surface area contributed by atoms with Gasteiger partial charge in [0.1, 0.15) is 17.3 Å². The first-order chi connectivity index (χ1) is 15.1. The Morgan fingerprint density at radius 3 is 2.52 bits per heavy atom. The van der Waals surface area contributed by atoms with Crippen molar-refractivity contribution in [3.8, 4) is 17.5 Å². The third-order valence-corrected chi connectivity index (χ3v) is 5.63. The largest absolute Gasteiger partial charge is 0.441 e. The number of oxazole rings is 1. The summed E-state index contributed by atoms with van der Waals surface area (Å²) in [5.74, 6) is 0.883. The normalized spacial score (nSPS) is 18.6. The highest BCUT2D eigenvalue weighted by atomic mass is 19.1. The molecule has 2 unspecified atom stereocenters. The van der Waals surface area contributed by atoms with E-state index in [-0.39, 0.29) is 18.0 Å². The second kappa shape index (κ2) is 9.86. The first-order valence-corrected chi connectivity index (χ1v) is 10.6. The van der Waals surface area contributed by atoms with Crippen molar-refractivity contribution in [3.05, 3.63) is 76.9 Å². The molecule has 2 aromatic carbocycles. The second-order valence-corrected chi connectivity index (χ2v) is 7.83. The summed E-state index contributed by atoms with van der Waals surface area (Å²) in [4.78, 5) is 4.53. The molecule has 0 radical (unpaired) electrons. The molecule has 1 heterocycles. The van der Waals surface area contributed by atoms with Crippen molar-refractivity contribution in [2.45, 2.75) is 58.0 Å². The summed E-state index contributed by atoms with van der Waals surface area (Å²) in [6.45, 7) is 2.66. The fraction of sp³-hybridized carbons (Fsp3) is 0.360. The standard InChI is InChI=1S/C25H25FN2O3/c1-17-24(28-25(31-17)18-9-11-21(26)12-10-18)16-30-23-8-4-7-22(13-23)29-15-20-6-3-2-5-19(20)14-27/h2-3,5-6,9-12,22-23H,4,7-8,13,15-16H2,1H3. The summed E-state index contributed by atoms with van der Waals surface area (Å²) >= 11 is 0. The molecule has 160 valence electrons. The minimum atomic E-state index is -0.291. The summed E-state index contributed by atoms with van der Waals surface area (Å²) in [5, 5.41) is 9.23. The molecule has 1 aromatic heterocycles. The van der Waals surface area contributed by atoms with E-state index in [9.17, 15) is 9.65 Å². The van der Waals surface area contributed by atoms with Gasteiger partial charge in [0.05, 0.1) is 37.1 Å². The summed E-state index contributed by atoms with van der Waals surface area (Å²) in [5.41, 5.74) is 3.06. The topological polar surface area (TPSA) is 68.3 Å². The van der Waals surface area contributed by atoms with E-state index in [0.29, 0.717) is 30.4 Å². The zero-order chi connectivity index (χ0) is 21.6. The Kier molecular flexibility index (Phi) is 6.76. The van der Waals surface area contributed by atoms with Crippen LogP contribution < -0.4 is 0 Å². The lowest BCUT2D eigenvalue weighted by atomic mass is 9.94. The highest BCUT2D eigenvalue weighted by Gasteiger charge is 2.24. The fourth-order valence-electron chi connectivity index (χ4n) is 3.84. The molecule has 0 aliphatic heterocycles. The molecule has 4 rings (SSSR count). The highest BCUT2D eigenvalue weighted by Crippen LogP contribution is 2.27. The van der Waals surface area contributed by atoms with Crippen LogP contribution >= 0.6 is 0 Å². The monoisotopic (exact) mass is 420 g/mol. The number of ether oxygens (including phenoxy) is 2. The average Bonchev–Trinajstić information content (AvgIpc) is 3.17. The number of rotatable bonds is 7. The Balaban J connectivity index is 1.31. The third-order valence-electron chi connectivity index (χ3n) is 5.63. The molecule has 1 saturated carbocycles. The molecule has 5 nitrogen and oxygen atoms in total. The van der Waals surface area contributed by atoms with Crippen molar-refractivity contribution in [2.75, 3.05) is 0 Å². The lowest BCUT2D eigenvalue weighted by molar-refractivity contribution is -0.0563. The molecule has 2 atom stereocenters. The number of aromatic nitrogens is 1. The van der Waals surface area contributed by atoms with Crippen molar-refractivity contribution in [2.24, 2.45) is 0 Å². The quantitative estimate of drug-likeness (QED) is 0.490. The number of hydrogen-bond donors (Lipinski definition) is 0. The highest BCUT2D eigenvalue weighted by molar-refractivity contribution is 5.53. The molecule has 0 N–H and O–H groups in total. The number of nitriles is 1. The van der Waals surface area contributed by atoms with Gasteiger partial charge in [0.25, 0.3) is 0 Å². The number of hydrogen-bond acceptors (Lipinski definition) is 5. The maximum absolute atomic E-state index is 13.1. The van der Waals surface area contributed by atoms with E-state index >= 15 is 0 Å². The van der Waals surface area contributed by atoms with E-state index in [1.807, 2.05) is 31.2 Å². The molecule has 1 fully saturated rings. The average molecular weight is 420 g/mol. The number of benzene rings is 2. The maximum Gasteiger partial charge on any atom is 0.226 e. The van der Waals surface area contributed by atoms with Crippen LogP contribution in [0.25, 0.3) is 11.5 Å². The van der Waals surface area contributed by atoms with E-state index in [2.05, 4.69) is 11.1 Å². The van der Waals surface area contributed by atoms with E-state index in [1.54, 1.807) is 12.1 Å². The molecular formula is C25H25FN2O3. The van der Waals surface area contributed by atoms with Crippen molar-refractivity contribution < 1.29 is 18.3 Å². The molecule has 1 aliphatic rings. The predicted molar refractivity (Wildman–Crippen MR) is 113 cm³/mol. The SMILES string of the molecule is Cc1oc(-c2ccc(F)cc2)nc1COC1CCCC(OCc2ccccc2C#N)C1. The first kappa shape index (κ1) is 21.2. The second-order valence-electron chi connectivity index (χ2n) is 7.83. The van der Waals surface area contributed by atoms with Crippen molar-refractivity contribution in [1.82, 2.24) is 4.98 Å². The molecule has 6 heteroatoms. The molecule has 3 aromatic rings. The van der Waals surface area contributed by atoms with Gasteiger partial charge in [-0.05, 0) is 68.5 Å². The minimum Gasteiger partial charge on any atom is -0.441 e. The number of halogens is 1. The Labute approximate surface area is 181 Å². The molecule has 0 spiro atoms. The van der Waals surface area contributed by atoms with Crippen LogP contribution in [-0.2, 0) is 22.7 Å². The molecule has 0 amide bonds. The van der Waals surface area contributed by atoms with Crippen LogP contribution in [0.15, 0.2) is 52.9 Å². The van der Waals surface area contributed by atoms with Crippen LogP contribution in [0.3, 0.4) is 0 Å². The fourth-order valence-corrected chi connectivity index (χ4v) is 3.84. The lowest BCUT2D eigenvalue weighted by Gasteiger charge is -2.29. The van der Waals surface area contributed by atoms with E-state index < -0.39 is 0 Å². The van der Waals surface area contributed by atoms with Gasteiger partial charge in [-0.3, -0.25) is 0 Å². The summed E-state index contributed by atoms with van der Waals surface area (Å²) in [6, 6.07) is 15.8. The van der Waals surface area contributed by atoms with Gasteiger partial charge in [-0.15, -0.1) is 0 Å². The van der Waals surface area contributed by atoms with Gasteiger partial charge in [-0.25, -0.2) is 9.37 Å². The van der Waals surface area contributed by atoms with Crippen LogP contribution in [-0.4, -0.2) is 17.2 Å². The molecule has 1 aliphatic carbocycles. The van der Waals surface area contributed by atoms with Crippen LogP contribution in [0, 0.1) is 24.1 Å². The Morgan fingerprint density at radius 1 is 1.06 bits per heavy atom. The summed E-state index contributed by atoms with van der Waals surface area (Å²) in [6.07, 6.45) is 4.03. The number of aryl methyl sites for hydroxylation is 1. The Bertz CT molecular complexity index is 1060. The Morgan fingerprint density at radius 2 is 1.77 bits per heavy atom. The van der Waals surface area contributed by atoms with Gasteiger partial charge in [-0.1, -0.05) is 18.2 Å². The van der Waals surface area contributed by atoms with E-state index in [4.69, 9.17) is 13.9 Å². The van der Waals surface area contributed by atoms with Gasteiger partial charge in [0.2, 0.25) is 5.89 Å². The third kappa shape index (κ3) is 5.38. The first-order valence-electron chi connectivity index (χ1n) is 10.6. The van der Waals surface area contributed by atoms with E-state index in [1.165, 1.54) is 12.1 Å². The van der Waals surface area contributed by atoms with Gasteiger partial charge in [0, 0.05) is 5.56 Å². The van der Waals surface area contributed by atoms with Crippen LogP contribution in [0.5, 0.6) is 0 Å². The van der Waals surface area contributed by atoms with Crippen molar-refractivity contribution in [1.29, 1.82) is 5.26 Å². The lowest BCUT2D eigenvalue weighted by Crippen LogP contribution is -2.28. The van der Waals surface area contributed by atoms with Crippen molar-refractivity contribution in [3.63, 3.8) is 0 Å². The maximum atomic E-state index is 13.1. The number of nitrogens with zero attached hydrogens (tertiary/aromatic N) is 2. The van der Waals surface area contributed by atoms with Gasteiger partial charge in [-0.2, -0.15) is 5.26 Å². The van der Waals surface area contributed by atoms with Gasteiger partial charge >= 0.3 is 0 Å². The molecule has 0 bridgehead atoms. The van der Waals surface area contributed by atoms with E-state index in [0.717, 1.165) is 42.5 Å². The molecule has 31 heavy (non-hydrogen) atoms.